The normalized spacial score (nSPS) is 10.2. The Labute approximate surface area is 115 Å². The van der Waals surface area contributed by atoms with Gasteiger partial charge in [0.05, 0.1) is 11.6 Å². The predicted molar refractivity (Wildman–Crippen MR) is 73.4 cm³/mol. The second kappa shape index (κ2) is 5.73. The van der Waals surface area contributed by atoms with Crippen molar-refractivity contribution in [2.75, 3.05) is 5.32 Å². The Morgan fingerprint density at radius 1 is 1.21 bits per heavy atom. The van der Waals surface area contributed by atoms with E-state index in [4.69, 9.17) is 16.7 Å². The van der Waals surface area contributed by atoms with E-state index in [0.29, 0.717) is 16.8 Å². The summed E-state index contributed by atoms with van der Waals surface area (Å²) in [7, 11) is 0. The first-order valence-electron chi connectivity index (χ1n) is 5.60. The molecule has 0 fully saturated rings. The predicted octanol–water partition coefficient (Wildman–Crippen LogP) is 2.79. The first-order valence-corrected chi connectivity index (χ1v) is 5.97. The molecule has 19 heavy (non-hydrogen) atoms. The van der Waals surface area contributed by atoms with E-state index in [-0.39, 0.29) is 23.3 Å². The molecule has 2 aromatic carbocycles. The van der Waals surface area contributed by atoms with Crippen LogP contribution < -0.4 is 5.32 Å². The number of hydrogen-bond donors (Lipinski definition) is 3. The third kappa shape index (κ3) is 3.24. The number of aliphatic hydroxyl groups is 1. The van der Waals surface area contributed by atoms with Crippen molar-refractivity contribution in [2.45, 2.75) is 6.61 Å². The standard InChI is InChI=1S/C14H12ClNO3/c15-12-7-10(4-5-13(12)18)14(19)16-11-3-1-2-9(6-11)8-17/h1-7,17-18H,8H2,(H,16,19). The van der Waals surface area contributed by atoms with E-state index < -0.39 is 0 Å². The lowest BCUT2D eigenvalue weighted by Gasteiger charge is -2.07. The second-order valence-electron chi connectivity index (χ2n) is 3.98. The van der Waals surface area contributed by atoms with Gasteiger partial charge in [-0.25, -0.2) is 0 Å². The van der Waals surface area contributed by atoms with E-state index in [2.05, 4.69) is 5.32 Å². The van der Waals surface area contributed by atoms with Gasteiger partial charge in [0, 0.05) is 11.3 Å². The number of aliphatic hydroxyl groups excluding tert-OH is 1. The van der Waals surface area contributed by atoms with Gasteiger partial charge in [-0.1, -0.05) is 23.7 Å². The summed E-state index contributed by atoms with van der Waals surface area (Å²) in [4.78, 5) is 12.0. The first-order chi connectivity index (χ1) is 9.10. The molecule has 0 saturated carbocycles. The lowest BCUT2D eigenvalue weighted by molar-refractivity contribution is 0.102. The van der Waals surface area contributed by atoms with Gasteiger partial charge >= 0.3 is 0 Å². The molecule has 0 unspecified atom stereocenters. The van der Waals surface area contributed by atoms with Crippen molar-refractivity contribution in [3.63, 3.8) is 0 Å². The molecule has 1 amide bonds. The number of aromatic hydroxyl groups is 1. The first kappa shape index (κ1) is 13.4. The minimum Gasteiger partial charge on any atom is -0.506 e. The SMILES string of the molecule is O=C(Nc1cccc(CO)c1)c1ccc(O)c(Cl)c1. The summed E-state index contributed by atoms with van der Waals surface area (Å²) in [5, 5.41) is 21.1. The van der Waals surface area contributed by atoms with E-state index in [1.54, 1.807) is 24.3 Å². The molecule has 0 aliphatic heterocycles. The maximum Gasteiger partial charge on any atom is 0.255 e. The van der Waals surface area contributed by atoms with Gasteiger partial charge in [0.2, 0.25) is 0 Å². The van der Waals surface area contributed by atoms with Crippen molar-refractivity contribution < 1.29 is 15.0 Å². The van der Waals surface area contributed by atoms with Gasteiger partial charge in [0.25, 0.3) is 5.91 Å². The van der Waals surface area contributed by atoms with E-state index >= 15 is 0 Å². The zero-order valence-electron chi connectivity index (χ0n) is 9.93. The number of halogens is 1. The van der Waals surface area contributed by atoms with Gasteiger partial charge in [-0.3, -0.25) is 4.79 Å². The van der Waals surface area contributed by atoms with Crippen LogP contribution in [-0.4, -0.2) is 16.1 Å². The molecule has 0 atom stereocenters. The molecule has 0 aliphatic rings. The quantitative estimate of drug-likeness (QED) is 0.808. The number of anilines is 1. The van der Waals surface area contributed by atoms with Crippen LogP contribution in [0.2, 0.25) is 5.02 Å². The number of phenolic OH excluding ortho intramolecular Hbond substituents is 1. The fraction of sp³-hybridized carbons (Fsp3) is 0.0714. The Balaban J connectivity index is 2.18. The van der Waals surface area contributed by atoms with Crippen molar-refractivity contribution >= 4 is 23.2 Å². The highest BCUT2D eigenvalue weighted by Crippen LogP contribution is 2.24. The molecule has 0 aliphatic carbocycles. The lowest BCUT2D eigenvalue weighted by atomic mass is 10.1. The third-order valence-electron chi connectivity index (χ3n) is 2.58. The Kier molecular flexibility index (Phi) is 4.04. The van der Waals surface area contributed by atoms with Crippen LogP contribution in [0.5, 0.6) is 5.75 Å². The monoisotopic (exact) mass is 277 g/mol. The Hall–Kier alpha value is -2.04. The second-order valence-corrected chi connectivity index (χ2v) is 4.39. The van der Waals surface area contributed by atoms with Crippen LogP contribution in [0.3, 0.4) is 0 Å². The lowest BCUT2D eigenvalue weighted by Crippen LogP contribution is -2.11. The van der Waals surface area contributed by atoms with Crippen LogP contribution in [-0.2, 0) is 6.61 Å². The molecule has 5 heteroatoms. The summed E-state index contributed by atoms with van der Waals surface area (Å²) >= 11 is 5.75. The van der Waals surface area contributed by atoms with Gasteiger partial charge < -0.3 is 15.5 Å². The summed E-state index contributed by atoms with van der Waals surface area (Å²) in [6, 6.07) is 11.1. The average molecular weight is 278 g/mol. The van der Waals surface area contributed by atoms with Crippen molar-refractivity contribution in [1.29, 1.82) is 0 Å². The summed E-state index contributed by atoms with van der Waals surface area (Å²) in [5.74, 6) is -0.405. The van der Waals surface area contributed by atoms with Crippen LogP contribution >= 0.6 is 11.6 Å². The third-order valence-corrected chi connectivity index (χ3v) is 2.88. The van der Waals surface area contributed by atoms with E-state index in [9.17, 15) is 9.90 Å². The van der Waals surface area contributed by atoms with Gasteiger partial charge in [-0.2, -0.15) is 0 Å². The number of rotatable bonds is 3. The fourth-order valence-electron chi connectivity index (χ4n) is 1.60. The molecule has 2 rings (SSSR count). The highest BCUT2D eigenvalue weighted by molar-refractivity contribution is 6.32. The van der Waals surface area contributed by atoms with Crippen LogP contribution in [0.1, 0.15) is 15.9 Å². The van der Waals surface area contributed by atoms with E-state index in [0.717, 1.165) is 0 Å². The van der Waals surface area contributed by atoms with E-state index in [1.807, 2.05) is 0 Å². The van der Waals surface area contributed by atoms with Crippen LogP contribution in [0, 0.1) is 0 Å². The Morgan fingerprint density at radius 2 is 2.00 bits per heavy atom. The number of phenols is 1. The minimum atomic E-state index is -0.336. The zero-order valence-corrected chi connectivity index (χ0v) is 10.7. The summed E-state index contributed by atoms with van der Waals surface area (Å²) < 4.78 is 0. The summed E-state index contributed by atoms with van der Waals surface area (Å²) in [5.41, 5.74) is 1.64. The number of benzene rings is 2. The number of amides is 1. The van der Waals surface area contributed by atoms with Gasteiger partial charge in [-0.05, 0) is 35.9 Å². The average Bonchev–Trinajstić information content (AvgIpc) is 2.42. The highest BCUT2D eigenvalue weighted by atomic mass is 35.5. The highest BCUT2D eigenvalue weighted by Gasteiger charge is 2.08. The molecular formula is C14H12ClNO3. The molecule has 0 bridgehead atoms. The van der Waals surface area contributed by atoms with Gasteiger partial charge in [-0.15, -0.1) is 0 Å². The van der Waals surface area contributed by atoms with Crippen molar-refractivity contribution in [3.8, 4) is 5.75 Å². The molecule has 0 radical (unpaired) electrons. The largest absolute Gasteiger partial charge is 0.506 e. The topological polar surface area (TPSA) is 69.6 Å². The molecule has 0 heterocycles. The van der Waals surface area contributed by atoms with Crippen LogP contribution in [0.15, 0.2) is 42.5 Å². The molecular weight excluding hydrogens is 266 g/mol. The van der Waals surface area contributed by atoms with Gasteiger partial charge in [0.1, 0.15) is 5.75 Å². The van der Waals surface area contributed by atoms with Crippen LogP contribution in [0.25, 0.3) is 0 Å². The van der Waals surface area contributed by atoms with Gasteiger partial charge in [0.15, 0.2) is 0 Å². The number of carbonyl (C=O) groups excluding carboxylic acids is 1. The van der Waals surface area contributed by atoms with Crippen molar-refractivity contribution in [2.24, 2.45) is 0 Å². The zero-order chi connectivity index (χ0) is 13.8. The summed E-state index contributed by atoms with van der Waals surface area (Å²) in [6.07, 6.45) is 0. The molecule has 0 aromatic heterocycles. The van der Waals surface area contributed by atoms with Crippen molar-refractivity contribution in [3.05, 3.63) is 58.6 Å². The molecule has 0 saturated heterocycles. The number of carbonyl (C=O) groups is 1. The maximum absolute atomic E-state index is 12.0. The molecule has 0 spiro atoms. The van der Waals surface area contributed by atoms with E-state index in [1.165, 1.54) is 18.2 Å². The molecule has 3 N–H and O–H groups in total. The minimum absolute atomic E-state index is 0.0690. The van der Waals surface area contributed by atoms with Crippen molar-refractivity contribution in [1.82, 2.24) is 0 Å². The molecule has 98 valence electrons. The maximum atomic E-state index is 12.0. The Morgan fingerprint density at radius 3 is 2.68 bits per heavy atom. The van der Waals surface area contributed by atoms with Crippen LogP contribution in [0.4, 0.5) is 5.69 Å². The smallest absolute Gasteiger partial charge is 0.255 e. The fourth-order valence-corrected chi connectivity index (χ4v) is 1.78. The molecule has 2 aromatic rings. The summed E-state index contributed by atoms with van der Waals surface area (Å²) in [6.45, 7) is -0.0885. The Bertz CT molecular complexity index is 613. The molecule has 4 nitrogen and oxygen atoms in total. The number of nitrogens with one attached hydrogen (secondary N) is 1. The number of hydrogen-bond acceptors (Lipinski definition) is 3.